The quantitative estimate of drug-likeness (QED) is 0.816. The first-order valence-corrected chi connectivity index (χ1v) is 7.00. The predicted octanol–water partition coefficient (Wildman–Crippen LogP) is 1.53. The van der Waals surface area contributed by atoms with Crippen molar-refractivity contribution in [2.24, 2.45) is 0 Å². The minimum atomic E-state index is 0.0416. The lowest BCUT2D eigenvalue weighted by Crippen LogP contribution is -2.49. The zero-order valence-electron chi connectivity index (χ0n) is 12.1. The minimum Gasteiger partial charge on any atom is -0.383 e. The van der Waals surface area contributed by atoms with E-state index in [1.807, 2.05) is 13.0 Å². The zero-order valence-corrected chi connectivity index (χ0v) is 12.1. The molecule has 19 heavy (non-hydrogen) atoms. The van der Waals surface area contributed by atoms with Gasteiger partial charge in [-0.15, -0.1) is 0 Å². The lowest BCUT2D eigenvalue weighted by molar-refractivity contribution is 0.127. The Morgan fingerprint density at radius 3 is 2.95 bits per heavy atom. The molecule has 2 N–H and O–H groups in total. The van der Waals surface area contributed by atoms with Gasteiger partial charge in [-0.3, -0.25) is 0 Å². The lowest BCUT2D eigenvalue weighted by atomic mass is 9.99. The van der Waals surface area contributed by atoms with Gasteiger partial charge in [-0.25, -0.2) is 9.97 Å². The molecule has 1 atom stereocenters. The molecule has 0 aromatic carbocycles. The summed E-state index contributed by atoms with van der Waals surface area (Å²) in [5, 5.41) is 6.99. The van der Waals surface area contributed by atoms with Crippen LogP contribution in [0.4, 0.5) is 5.82 Å². The molecule has 5 heteroatoms. The standard InChI is InChI=1S/C14H24N4O/c1-4-12-8-13(18-11(2)17-12)15-9-14(10-19-3)6-5-7-16-14/h8,16H,4-7,9-10H2,1-3H3,(H,15,17,18). The summed E-state index contributed by atoms with van der Waals surface area (Å²) in [6, 6.07) is 2.03. The fraction of sp³-hybridized carbons (Fsp3) is 0.714. The average Bonchev–Trinajstić information content (AvgIpc) is 2.85. The molecular weight excluding hydrogens is 240 g/mol. The molecule has 0 radical (unpaired) electrons. The van der Waals surface area contributed by atoms with Crippen molar-refractivity contribution in [1.82, 2.24) is 15.3 Å². The fourth-order valence-corrected chi connectivity index (χ4v) is 2.63. The van der Waals surface area contributed by atoms with Crippen LogP contribution in [-0.2, 0) is 11.2 Å². The lowest BCUT2D eigenvalue weighted by Gasteiger charge is -2.29. The van der Waals surface area contributed by atoms with E-state index in [0.29, 0.717) is 0 Å². The highest BCUT2D eigenvalue weighted by molar-refractivity contribution is 5.37. The van der Waals surface area contributed by atoms with Gasteiger partial charge in [-0.1, -0.05) is 6.92 Å². The molecule has 2 rings (SSSR count). The van der Waals surface area contributed by atoms with Crippen LogP contribution in [0.3, 0.4) is 0 Å². The number of nitrogens with zero attached hydrogens (tertiary/aromatic N) is 2. The van der Waals surface area contributed by atoms with Crippen LogP contribution in [0.25, 0.3) is 0 Å². The normalized spacial score (nSPS) is 22.7. The van der Waals surface area contributed by atoms with Crippen molar-refractivity contribution in [3.63, 3.8) is 0 Å². The van der Waals surface area contributed by atoms with Gasteiger partial charge in [0.2, 0.25) is 0 Å². The second kappa shape index (κ2) is 6.30. The largest absolute Gasteiger partial charge is 0.383 e. The van der Waals surface area contributed by atoms with Crippen molar-refractivity contribution in [3.05, 3.63) is 17.6 Å². The molecule has 1 aliphatic rings. The molecule has 0 aliphatic carbocycles. The van der Waals surface area contributed by atoms with Gasteiger partial charge in [0.15, 0.2) is 0 Å². The first kappa shape index (κ1) is 14.2. The molecular formula is C14H24N4O. The summed E-state index contributed by atoms with van der Waals surface area (Å²) in [6.07, 6.45) is 3.27. The Balaban J connectivity index is 2.02. The van der Waals surface area contributed by atoms with Crippen molar-refractivity contribution >= 4 is 5.82 Å². The Labute approximate surface area is 115 Å². The monoisotopic (exact) mass is 264 g/mol. The molecule has 106 valence electrons. The van der Waals surface area contributed by atoms with Gasteiger partial charge in [-0.2, -0.15) is 0 Å². The van der Waals surface area contributed by atoms with E-state index in [2.05, 4.69) is 27.5 Å². The summed E-state index contributed by atoms with van der Waals surface area (Å²) >= 11 is 0. The SMILES string of the molecule is CCc1cc(NCC2(COC)CCCN2)nc(C)n1. The van der Waals surface area contributed by atoms with E-state index in [9.17, 15) is 0 Å². The minimum absolute atomic E-state index is 0.0416. The third-order valence-electron chi connectivity index (χ3n) is 3.61. The average molecular weight is 264 g/mol. The third kappa shape index (κ3) is 3.64. The van der Waals surface area contributed by atoms with Gasteiger partial charge in [0.25, 0.3) is 0 Å². The van der Waals surface area contributed by atoms with Crippen molar-refractivity contribution in [3.8, 4) is 0 Å². The van der Waals surface area contributed by atoms with Crippen LogP contribution in [-0.4, -0.2) is 42.3 Å². The Kier molecular flexibility index (Phi) is 4.71. The van der Waals surface area contributed by atoms with Crippen LogP contribution in [0.2, 0.25) is 0 Å². The van der Waals surface area contributed by atoms with E-state index < -0.39 is 0 Å². The molecule has 2 heterocycles. The van der Waals surface area contributed by atoms with E-state index in [0.717, 1.165) is 49.9 Å². The third-order valence-corrected chi connectivity index (χ3v) is 3.61. The summed E-state index contributed by atoms with van der Waals surface area (Å²) in [5.41, 5.74) is 1.12. The zero-order chi connectivity index (χ0) is 13.7. The van der Waals surface area contributed by atoms with Crippen molar-refractivity contribution in [2.45, 2.75) is 38.6 Å². The van der Waals surface area contributed by atoms with Crippen LogP contribution < -0.4 is 10.6 Å². The van der Waals surface area contributed by atoms with E-state index in [1.165, 1.54) is 6.42 Å². The Morgan fingerprint density at radius 1 is 1.47 bits per heavy atom. The molecule has 1 saturated heterocycles. The number of ether oxygens (including phenoxy) is 1. The van der Waals surface area contributed by atoms with E-state index >= 15 is 0 Å². The predicted molar refractivity (Wildman–Crippen MR) is 76.5 cm³/mol. The molecule has 1 aromatic rings. The Bertz CT molecular complexity index is 416. The van der Waals surface area contributed by atoms with Gasteiger partial charge in [0, 0.05) is 25.4 Å². The van der Waals surface area contributed by atoms with Crippen LogP contribution in [0, 0.1) is 6.92 Å². The van der Waals surface area contributed by atoms with Gasteiger partial charge in [0.1, 0.15) is 11.6 Å². The highest BCUT2D eigenvalue weighted by atomic mass is 16.5. The number of aryl methyl sites for hydroxylation is 2. The van der Waals surface area contributed by atoms with Gasteiger partial charge in [0.05, 0.1) is 12.1 Å². The summed E-state index contributed by atoms with van der Waals surface area (Å²) in [4.78, 5) is 8.84. The van der Waals surface area contributed by atoms with Crippen LogP contribution >= 0.6 is 0 Å². The van der Waals surface area contributed by atoms with Gasteiger partial charge in [-0.05, 0) is 32.7 Å². The number of hydrogen-bond donors (Lipinski definition) is 2. The number of methoxy groups -OCH3 is 1. The van der Waals surface area contributed by atoms with E-state index in [-0.39, 0.29) is 5.54 Å². The van der Waals surface area contributed by atoms with Crippen LogP contribution in [0.15, 0.2) is 6.07 Å². The Hall–Kier alpha value is -1.20. The highest BCUT2D eigenvalue weighted by Gasteiger charge is 2.33. The molecule has 1 unspecified atom stereocenters. The molecule has 1 aromatic heterocycles. The number of aromatic nitrogens is 2. The molecule has 5 nitrogen and oxygen atoms in total. The number of rotatable bonds is 6. The molecule has 0 bridgehead atoms. The molecule has 1 aliphatic heterocycles. The molecule has 1 fully saturated rings. The molecule has 0 saturated carbocycles. The van der Waals surface area contributed by atoms with E-state index in [4.69, 9.17) is 4.74 Å². The fourth-order valence-electron chi connectivity index (χ4n) is 2.63. The second-order valence-corrected chi connectivity index (χ2v) is 5.24. The first-order chi connectivity index (χ1) is 9.17. The smallest absolute Gasteiger partial charge is 0.129 e. The molecule has 0 amide bonds. The first-order valence-electron chi connectivity index (χ1n) is 7.00. The van der Waals surface area contributed by atoms with E-state index in [1.54, 1.807) is 7.11 Å². The number of nitrogens with one attached hydrogen (secondary N) is 2. The van der Waals surface area contributed by atoms with Crippen molar-refractivity contribution < 1.29 is 4.74 Å². The number of anilines is 1. The highest BCUT2D eigenvalue weighted by Crippen LogP contribution is 2.20. The van der Waals surface area contributed by atoms with Gasteiger partial charge < -0.3 is 15.4 Å². The Morgan fingerprint density at radius 2 is 2.32 bits per heavy atom. The second-order valence-electron chi connectivity index (χ2n) is 5.24. The summed E-state index contributed by atoms with van der Waals surface area (Å²) in [5.74, 6) is 1.73. The maximum absolute atomic E-state index is 5.35. The van der Waals surface area contributed by atoms with Crippen LogP contribution in [0.5, 0.6) is 0 Å². The van der Waals surface area contributed by atoms with Crippen LogP contribution in [0.1, 0.15) is 31.3 Å². The van der Waals surface area contributed by atoms with Crippen molar-refractivity contribution in [1.29, 1.82) is 0 Å². The maximum atomic E-state index is 5.35. The summed E-state index contributed by atoms with van der Waals surface area (Å²) in [7, 11) is 1.76. The number of hydrogen-bond acceptors (Lipinski definition) is 5. The maximum Gasteiger partial charge on any atom is 0.129 e. The van der Waals surface area contributed by atoms with Gasteiger partial charge >= 0.3 is 0 Å². The summed E-state index contributed by atoms with van der Waals surface area (Å²) in [6.45, 7) is 6.67. The van der Waals surface area contributed by atoms with Crippen molar-refractivity contribution in [2.75, 3.05) is 32.1 Å². The topological polar surface area (TPSA) is 59.1 Å². The summed E-state index contributed by atoms with van der Waals surface area (Å²) < 4.78 is 5.35. The molecule has 0 spiro atoms.